The molecule has 1 fully saturated rings. The van der Waals surface area contributed by atoms with Gasteiger partial charge in [0.25, 0.3) is 0 Å². The standard InChI is InChI=1S/C12H18N2O2/c1-5-7-9(6-2)14-8-10(15)13-12(3,4)11(14)16/h2,9H,5,7-8H2,1,3-4H3,(H,13,15). The molecular weight excluding hydrogens is 204 g/mol. The van der Waals surface area contributed by atoms with Gasteiger partial charge in [-0.25, -0.2) is 0 Å². The molecule has 1 heterocycles. The largest absolute Gasteiger partial charge is 0.341 e. The first-order valence-corrected chi connectivity index (χ1v) is 5.50. The minimum atomic E-state index is -0.849. The van der Waals surface area contributed by atoms with E-state index in [-0.39, 0.29) is 24.4 Å². The number of terminal acetylenes is 1. The lowest BCUT2D eigenvalue weighted by molar-refractivity contribution is -0.149. The molecule has 1 aliphatic rings. The van der Waals surface area contributed by atoms with E-state index >= 15 is 0 Å². The van der Waals surface area contributed by atoms with Gasteiger partial charge in [-0.05, 0) is 20.3 Å². The predicted molar refractivity (Wildman–Crippen MR) is 61.5 cm³/mol. The Kier molecular flexibility index (Phi) is 3.58. The van der Waals surface area contributed by atoms with E-state index in [9.17, 15) is 9.59 Å². The molecule has 1 atom stereocenters. The smallest absolute Gasteiger partial charge is 0.249 e. The van der Waals surface area contributed by atoms with Gasteiger partial charge in [0.05, 0.1) is 6.04 Å². The normalized spacial score (nSPS) is 21.2. The number of nitrogens with zero attached hydrogens (tertiary/aromatic N) is 1. The Balaban J connectivity index is 2.90. The zero-order chi connectivity index (χ0) is 12.3. The molecule has 0 saturated carbocycles. The van der Waals surface area contributed by atoms with Crippen molar-refractivity contribution in [2.45, 2.75) is 45.2 Å². The predicted octanol–water partition coefficient (Wildman–Crippen LogP) is 0.525. The van der Waals surface area contributed by atoms with Crippen molar-refractivity contribution in [3.63, 3.8) is 0 Å². The first kappa shape index (κ1) is 12.6. The van der Waals surface area contributed by atoms with Crippen molar-refractivity contribution in [2.24, 2.45) is 0 Å². The third-order valence-electron chi connectivity index (χ3n) is 2.69. The molecule has 16 heavy (non-hydrogen) atoms. The lowest BCUT2D eigenvalue weighted by atomic mass is 9.98. The zero-order valence-corrected chi connectivity index (χ0v) is 10.0. The molecule has 88 valence electrons. The Morgan fingerprint density at radius 2 is 2.19 bits per heavy atom. The molecule has 1 N–H and O–H groups in total. The van der Waals surface area contributed by atoms with Crippen molar-refractivity contribution >= 4 is 11.8 Å². The third-order valence-corrected chi connectivity index (χ3v) is 2.69. The van der Waals surface area contributed by atoms with Gasteiger partial charge in [0.1, 0.15) is 12.1 Å². The van der Waals surface area contributed by atoms with Crippen LogP contribution < -0.4 is 5.32 Å². The summed E-state index contributed by atoms with van der Waals surface area (Å²) in [7, 11) is 0. The topological polar surface area (TPSA) is 49.4 Å². The Morgan fingerprint density at radius 1 is 1.56 bits per heavy atom. The van der Waals surface area contributed by atoms with Crippen LogP contribution in [0.1, 0.15) is 33.6 Å². The second-order valence-corrected chi connectivity index (χ2v) is 4.58. The molecule has 0 bridgehead atoms. The molecular formula is C12H18N2O2. The molecule has 0 aromatic carbocycles. The number of hydrogen-bond acceptors (Lipinski definition) is 2. The summed E-state index contributed by atoms with van der Waals surface area (Å²) in [5.41, 5.74) is -0.849. The number of carbonyl (C=O) groups is 2. The molecule has 1 unspecified atom stereocenters. The van der Waals surface area contributed by atoms with E-state index in [2.05, 4.69) is 11.2 Å². The molecule has 1 rings (SSSR count). The van der Waals surface area contributed by atoms with Crippen molar-refractivity contribution in [2.75, 3.05) is 6.54 Å². The maximum absolute atomic E-state index is 12.1. The number of carbonyl (C=O) groups excluding carboxylic acids is 2. The van der Waals surface area contributed by atoms with Gasteiger partial charge in [0.2, 0.25) is 11.8 Å². The molecule has 1 aliphatic heterocycles. The summed E-state index contributed by atoms with van der Waals surface area (Å²) in [6.45, 7) is 5.46. The molecule has 0 aromatic rings. The van der Waals surface area contributed by atoms with Crippen LogP contribution in [0.15, 0.2) is 0 Å². The quantitative estimate of drug-likeness (QED) is 0.708. The fraction of sp³-hybridized carbons (Fsp3) is 0.667. The van der Waals surface area contributed by atoms with Crippen molar-refractivity contribution < 1.29 is 9.59 Å². The first-order valence-electron chi connectivity index (χ1n) is 5.50. The minimum absolute atomic E-state index is 0.0666. The van der Waals surface area contributed by atoms with Crippen LogP contribution in [-0.4, -0.2) is 34.8 Å². The van der Waals surface area contributed by atoms with E-state index in [1.54, 1.807) is 13.8 Å². The number of nitrogens with one attached hydrogen (secondary N) is 1. The lowest BCUT2D eigenvalue weighted by Crippen LogP contribution is -2.65. The summed E-state index contributed by atoms with van der Waals surface area (Å²) in [6, 6.07) is -0.275. The number of piperazine rings is 1. The highest BCUT2D eigenvalue weighted by Crippen LogP contribution is 2.17. The fourth-order valence-corrected chi connectivity index (χ4v) is 1.88. The zero-order valence-electron chi connectivity index (χ0n) is 10.0. The summed E-state index contributed by atoms with van der Waals surface area (Å²) in [5.74, 6) is 2.33. The van der Waals surface area contributed by atoms with Gasteiger partial charge < -0.3 is 10.2 Å². The molecule has 0 aliphatic carbocycles. The van der Waals surface area contributed by atoms with Crippen LogP contribution in [0.2, 0.25) is 0 Å². The molecule has 0 radical (unpaired) electrons. The third kappa shape index (κ3) is 2.35. The Hall–Kier alpha value is -1.50. The highest BCUT2D eigenvalue weighted by atomic mass is 16.2. The van der Waals surface area contributed by atoms with Crippen LogP contribution in [-0.2, 0) is 9.59 Å². The van der Waals surface area contributed by atoms with Gasteiger partial charge >= 0.3 is 0 Å². The van der Waals surface area contributed by atoms with Gasteiger partial charge in [-0.15, -0.1) is 6.42 Å². The van der Waals surface area contributed by atoms with E-state index in [0.717, 1.165) is 12.8 Å². The number of hydrogen-bond donors (Lipinski definition) is 1. The highest BCUT2D eigenvalue weighted by molar-refractivity contribution is 5.97. The average Bonchev–Trinajstić information content (AvgIpc) is 2.19. The number of amides is 2. The fourth-order valence-electron chi connectivity index (χ4n) is 1.88. The Morgan fingerprint density at radius 3 is 2.69 bits per heavy atom. The van der Waals surface area contributed by atoms with Gasteiger partial charge in [0.15, 0.2) is 0 Å². The molecule has 2 amide bonds. The van der Waals surface area contributed by atoms with Gasteiger partial charge in [-0.1, -0.05) is 19.3 Å². The summed E-state index contributed by atoms with van der Waals surface area (Å²) in [4.78, 5) is 25.1. The van der Waals surface area contributed by atoms with E-state index in [4.69, 9.17) is 6.42 Å². The maximum Gasteiger partial charge on any atom is 0.249 e. The van der Waals surface area contributed by atoms with Crippen molar-refractivity contribution in [1.29, 1.82) is 0 Å². The van der Waals surface area contributed by atoms with E-state index < -0.39 is 5.54 Å². The minimum Gasteiger partial charge on any atom is -0.341 e. The second kappa shape index (κ2) is 4.56. The lowest BCUT2D eigenvalue weighted by Gasteiger charge is -2.40. The second-order valence-electron chi connectivity index (χ2n) is 4.58. The monoisotopic (exact) mass is 222 g/mol. The summed E-state index contributed by atoms with van der Waals surface area (Å²) in [6.07, 6.45) is 7.03. The van der Waals surface area contributed by atoms with Crippen LogP contribution in [0, 0.1) is 12.3 Å². The van der Waals surface area contributed by atoms with E-state index in [0.29, 0.717) is 0 Å². The van der Waals surface area contributed by atoms with Crippen molar-refractivity contribution in [3.8, 4) is 12.3 Å². The molecule has 4 nitrogen and oxygen atoms in total. The first-order chi connectivity index (χ1) is 7.42. The van der Waals surface area contributed by atoms with E-state index in [1.165, 1.54) is 4.90 Å². The van der Waals surface area contributed by atoms with E-state index in [1.807, 2.05) is 6.92 Å². The Labute approximate surface area is 96.4 Å². The maximum atomic E-state index is 12.1. The van der Waals surface area contributed by atoms with Gasteiger partial charge in [-0.3, -0.25) is 9.59 Å². The molecule has 1 saturated heterocycles. The summed E-state index contributed by atoms with van der Waals surface area (Å²) < 4.78 is 0. The SMILES string of the molecule is C#CC(CCC)N1CC(=O)NC(C)(C)C1=O. The van der Waals surface area contributed by atoms with Crippen LogP contribution >= 0.6 is 0 Å². The van der Waals surface area contributed by atoms with Crippen molar-refractivity contribution in [1.82, 2.24) is 10.2 Å². The summed E-state index contributed by atoms with van der Waals surface area (Å²) in [5, 5.41) is 2.66. The van der Waals surface area contributed by atoms with Crippen LogP contribution in [0.25, 0.3) is 0 Å². The summed E-state index contributed by atoms with van der Waals surface area (Å²) >= 11 is 0. The van der Waals surface area contributed by atoms with Gasteiger partial charge in [0, 0.05) is 0 Å². The highest BCUT2D eigenvalue weighted by Gasteiger charge is 2.41. The Bertz CT molecular complexity index is 341. The van der Waals surface area contributed by atoms with Crippen LogP contribution in [0.5, 0.6) is 0 Å². The van der Waals surface area contributed by atoms with Crippen LogP contribution in [0.3, 0.4) is 0 Å². The number of rotatable bonds is 3. The van der Waals surface area contributed by atoms with Gasteiger partial charge in [-0.2, -0.15) is 0 Å². The van der Waals surface area contributed by atoms with Crippen LogP contribution in [0.4, 0.5) is 0 Å². The molecule has 0 spiro atoms. The molecule has 4 heteroatoms. The average molecular weight is 222 g/mol. The van der Waals surface area contributed by atoms with Crippen molar-refractivity contribution in [3.05, 3.63) is 0 Å². The molecule has 0 aromatic heterocycles.